The van der Waals surface area contributed by atoms with Crippen molar-refractivity contribution in [3.05, 3.63) is 172 Å². The number of pyridine rings is 1. The number of nitrogens with two attached hydrogens (primary N) is 1. The Kier molecular flexibility index (Phi) is 11.6. The third-order valence-electron chi connectivity index (χ3n) is 9.88. The van der Waals surface area contributed by atoms with Gasteiger partial charge in [0.15, 0.2) is 18.4 Å². The summed E-state index contributed by atoms with van der Waals surface area (Å²) in [6.45, 7) is -0.417. The summed E-state index contributed by atoms with van der Waals surface area (Å²) < 4.78 is 32.1. The van der Waals surface area contributed by atoms with E-state index in [0.29, 0.717) is 38.5 Å². The smallest absolute Gasteiger partial charge is 0.338 e. The summed E-state index contributed by atoms with van der Waals surface area (Å²) in [5.41, 5.74) is 10.1. The third kappa shape index (κ3) is 8.18. The number of rotatable bonds is 11. The zero-order valence-corrected chi connectivity index (χ0v) is 33.4. The van der Waals surface area contributed by atoms with E-state index in [2.05, 4.69) is 4.98 Å². The van der Waals surface area contributed by atoms with Crippen molar-refractivity contribution < 1.29 is 38.1 Å². The number of aromatic nitrogens is 3. The molecule has 2 N–H and O–H groups in total. The number of hydrogen-bond acceptors (Lipinski definition) is 12. The lowest BCUT2D eigenvalue weighted by Gasteiger charge is -2.26. The fourth-order valence-corrected chi connectivity index (χ4v) is 7.42. The molecule has 0 spiro atoms. The second-order valence-corrected chi connectivity index (χ2v) is 14.4. The molecule has 14 heteroatoms. The van der Waals surface area contributed by atoms with Crippen molar-refractivity contribution >= 4 is 58.6 Å². The van der Waals surface area contributed by atoms with Crippen molar-refractivity contribution in [1.82, 2.24) is 14.5 Å². The van der Waals surface area contributed by atoms with E-state index in [1.165, 1.54) is 4.57 Å². The van der Waals surface area contributed by atoms with E-state index in [0.717, 1.165) is 0 Å². The number of anilines is 1. The largest absolute Gasteiger partial charge is 0.496 e. The highest BCUT2D eigenvalue weighted by atomic mass is 35.5. The second kappa shape index (κ2) is 17.5. The summed E-state index contributed by atoms with van der Waals surface area (Å²) in [4.78, 5) is 50.8. The van der Waals surface area contributed by atoms with Crippen molar-refractivity contribution in [2.75, 3.05) is 19.5 Å². The maximum Gasteiger partial charge on any atom is 0.338 e. The quantitative estimate of drug-likeness (QED) is 0.0752. The molecule has 7 aromatic rings. The van der Waals surface area contributed by atoms with Crippen LogP contribution < -0.4 is 10.5 Å². The standard InChI is InChI=1S/C46H35ClN4O8S/c1-55-35-20-12-11-19-32(35)33-25-34(27-21-23-31(47)24-22-27)49-41-37(33)40(48)50-46(60)51(41)42-39(59-45(54)30-17-9-4-10-18-30)38(58-44(53)29-15-7-3-8-16-29)36(57-42)26-56-43(52)28-13-5-2-6-14-28/h2-25,36,38-39,42H,26H2,1H3,(H2,48,50,60)/t36-,38-,39-,42-/m1/s1. The minimum atomic E-state index is -1.41. The lowest BCUT2D eigenvalue weighted by atomic mass is 9.98. The average Bonchev–Trinajstić information content (AvgIpc) is 3.60. The van der Waals surface area contributed by atoms with Crippen LogP contribution in [0.5, 0.6) is 5.75 Å². The normalized spacial score (nSPS) is 17.2. The van der Waals surface area contributed by atoms with Gasteiger partial charge >= 0.3 is 17.9 Å². The summed E-state index contributed by atoms with van der Waals surface area (Å²) in [5, 5.41) is 0.901. The van der Waals surface area contributed by atoms with Crippen LogP contribution >= 0.6 is 23.8 Å². The summed E-state index contributed by atoms with van der Waals surface area (Å²) in [7, 11) is 1.56. The molecular formula is C46H35ClN4O8S. The maximum absolute atomic E-state index is 14.0. The minimum absolute atomic E-state index is 0.0542. The first kappa shape index (κ1) is 39.9. The van der Waals surface area contributed by atoms with Gasteiger partial charge in [0, 0.05) is 21.7 Å². The zero-order valence-electron chi connectivity index (χ0n) is 31.8. The number of hydrogen-bond donors (Lipinski definition) is 1. The van der Waals surface area contributed by atoms with Crippen molar-refractivity contribution in [2.45, 2.75) is 24.5 Å². The van der Waals surface area contributed by atoms with Gasteiger partial charge in [-0.3, -0.25) is 4.57 Å². The first-order valence-corrected chi connectivity index (χ1v) is 19.5. The summed E-state index contributed by atoms with van der Waals surface area (Å²) in [6.07, 6.45) is -5.34. The summed E-state index contributed by atoms with van der Waals surface area (Å²) in [5.74, 6) is -1.55. The molecule has 0 amide bonds. The Labute approximate surface area is 354 Å². The highest BCUT2D eigenvalue weighted by molar-refractivity contribution is 7.71. The Bertz CT molecular complexity index is 2760. The number of fused-ring (bicyclic) bond motifs is 1. The third-order valence-corrected chi connectivity index (χ3v) is 10.4. The van der Waals surface area contributed by atoms with Crippen molar-refractivity contribution in [3.8, 4) is 28.1 Å². The lowest BCUT2D eigenvalue weighted by Crippen LogP contribution is -2.41. The highest BCUT2D eigenvalue weighted by Gasteiger charge is 2.52. The van der Waals surface area contributed by atoms with E-state index >= 15 is 0 Å². The van der Waals surface area contributed by atoms with E-state index in [4.69, 9.17) is 58.2 Å². The van der Waals surface area contributed by atoms with Crippen LogP contribution in [0, 0.1) is 4.77 Å². The molecular weight excluding hydrogens is 804 g/mol. The lowest BCUT2D eigenvalue weighted by molar-refractivity contribution is -0.0615. The Morgan fingerprint density at radius 1 is 0.717 bits per heavy atom. The van der Waals surface area contributed by atoms with Gasteiger partial charge in [0.05, 0.1) is 34.9 Å². The van der Waals surface area contributed by atoms with Crippen LogP contribution in [0.3, 0.4) is 0 Å². The number of para-hydroxylation sites is 1. The number of ether oxygens (including phenoxy) is 5. The molecule has 60 heavy (non-hydrogen) atoms. The first-order valence-electron chi connectivity index (χ1n) is 18.7. The van der Waals surface area contributed by atoms with E-state index in [1.54, 1.807) is 110 Å². The van der Waals surface area contributed by atoms with Crippen LogP contribution in [0.2, 0.25) is 5.02 Å². The molecule has 2 aromatic heterocycles. The fourth-order valence-electron chi connectivity index (χ4n) is 7.00. The molecule has 0 radical (unpaired) electrons. The second-order valence-electron chi connectivity index (χ2n) is 13.6. The number of benzene rings is 5. The van der Waals surface area contributed by atoms with E-state index in [-0.39, 0.29) is 32.9 Å². The number of methoxy groups -OCH3 is 1. The topological polar surface area (TPSA) is 154 Å². The van der Waals surface area contributed by atoms with Crippen LogP contribution in [0.1, 0.15) is 37.3 Å². The predicted octanol–water partition coefficient (Wildman–Crippen LogP) is 8.94. The Hall–Kier alpha value is -6.93. The van der Waals surface area contributed by atoms with Gasteiger partial charge in [0.2, 0.25) is 4.77 Å². The number of nitrogen functional groups attached to an aromatic ring is 1. The van der Waals surface area contributed by atoms with Gasteiger partial charge in [-0.15, -0.1) is 0 Å². The van der Waals surface area contributed by atoms with Gasteiger partial charge in [0.25, 0.3) is 0 Å². The van der Waals surface area contributed by atoms with Gasteiger partial charge in [-0.25, -0.2) is 24.4 Å². The van der Waals surface area contributed by atoms with E-state index in [1.807, 2.05) is 42.5 Å². The molecule has 8 rings (SSSR count). The molecule has 3 heterocycles. The fraction of sp³-hybridized carbons (Fsp3) is 0.130. The maximum atomic E-state index is 14.0. The SMILES string of the molecule is COc1ccccc1-c1cc(-c2ccc(Cl)cc2)nc2c1c(N)nc(=S)n2[C@@H]1O[C@H](COC(=O)c2ccccc2)[C@@H](OC(=O)c2ccccc2)[C@H]1OC(=O)c1ccccc1. The molecule has 4 atom stereocenters. The molecule has 12 nitrogen and oxygen atoms in total. The number of carbonyl (C=O) groups is 3. The zero-order chi connectivity index (χ0) is 41.8. The molecule has 300 valence electrons. The molecule has 0 unspecified atom stereocenters. The van der Waals surface area contributed by atoms with E-state index in [9.17, 15) is 14.4 Å². The number of esters is 3. The molecule has 1 aliphatic rings. The van der Waals surface area contributed by atoms with Gasteiger partial charge in [0.1, 0.15) is 29.9 Å². The van der Waals surface area contributed by atoms with Crippen molar-refractivity contribution in [3.63, 3.8) is 0 Å². The van der Waals surface area contributed by atoms with Crippen LogP contribution in [0.25, 0.3) is 33.4 Å². The predicted molar refractivity (Wildman–Crippen MR) is 227 cm³/mol. The summed E-state index contributed by atoms with van der Waals surface area (Å²) in [6, 6.07) is 41.3. The summed E-state index contributed by atoms with van der Waals surface area (Å²) >= 11 is 12.2. The van der Waals surface area contributed by atoms with Crippen molar-refractivity contribution in [1.29, 1.82) is 0 Å². The molecule has 5 aromatic carbocycles. The van der Waals surface area contributed by atoms with Gasteiger partial charge < -0.3 is 29.4 Å². The molecule has 1 saturated heterocycles. The number of halogens is 1. The van der Waals surface area contributed by atoms with Crippen molar-refractivity contribution in [2.24, 2.45) is 0 Å². The highest BCUT2D eigenvalue weighted by Crippen LogP contribution is 2.42. The van der Waals surface area contributed by atoms with Crippen LogP contribution in [0.15, 0.2) is 146 Å². The van der Waals surface area contributed by atoms with Gasteiger partial charge in [-0.2, -0.15) is 0 Å². The Morgan fingerprint density at radius 2 is 1.27 bits per heavy atom. The molecule has 0 aliphatic carbocycles. The van der Waals surface area contributed by atoms with Crippen LogP contribution in [-0.2, 0) is 18.9 Å². The minimum Gasteiger partial charge on any atom is -0.496 e. The van der Waals surface area contributed by atoms with E-state index < -0.39 is 49.1 Å². The Morgan fingerprint density at radius 3 is 1.87 bits per heavy atom. The molecule has 1 fully saturated rings. The average molecular weight is 839 g/mol. The molecule has 0 bridgehead atoms. The molecule has 1 aliphatic heterocycles. The first-order chi connectivity index (χ1) is 29.2. The number of carbonyl (C=O) groups excluding carboxylic acids is 3. The van der Waals surface area contributed by atoms with Crippen LogP contribution in [0.4, 0.5) is 5.82 Å². The Balaban J connectivity index is 1.33. The molecule has 0 saturated carbocycles. The number of nitrogens with zero attached hydrogens (tertiary/aromatic N) is 3. The van der Waals surface area contributed by atoms with Crippen LogP contribution in [-0.4, -0.2) is 64.5 Å². The van der Waals surface area contributed by atoms with Gasteiger partial charge in [-0.1, -0.05) is 96.5 Å². The van der Waals surface area contributed by atoms with Gasteiger partial charge in [-0.05, 0) is 72.9 Å². The monoisotopic (exact) mass is 838 g/mol.